The average molecular weight is 373 g/mol. The third-order valence-corrected chi connectivity index (χ3v) is 4.20. The average Bonchev–Trinajstić information content (AvgIpc) is 2.37. The van der Waals surface area contributed by atoms with Crippen LogP contribution in [0, 0.1) is 5.82 Å². The fourth-order valence-corrected chi connectivity index (χ4v) is 2.59. The summed E-state index contributed by atoms with van der Waals surface area (Å²) in [5.74, 6) is -1.08. The van der Waals surface area contributed by atoms with Gasteiger partial charge in [0.15, 0.2) is 0 Å². The fourth-order valence-electron chi connectivity index (χ4n) is 1.62. The largest absolute Gasteiger partial charge is 0.322 e. The molecule has 110 valence electrons. The summed E-state index contributed by atoms with van der Waals surface area (Å²) in [5, 5.41) is 7.50. The van der Waals surface area contributed by atoms with Crippen LogP contribution in [0.4, 0.5) is 10.1 Å². The van der Waals surface area contributed by atoms with Crippen LogP contribution in [0.5, 0.6) is 0 Å². The molecule has 0 aromatic heterocycles. The minimum absolute atomic E-state index is 0.0748. The highest BCUT2D eigenvalue weighted by Crippen LogP contribution is 2.22. The maximum Gasteiger partial charge on any atom is 0.256 e. The van der Waals surface area contributed by atoms with Crippen molar-refractivity contribution in [1.29, 1.82) is 0 Å². The van der Waals surface area contributed by atoms with Crippen LogP contribution in [-0.4, -0.2) is 14.3 Å². The van der Waals surface area contributed by atoms with Gasteiger partial charge in [-0.05, 0) is 52.3 Å². The third-order valence-electron chi connectivity index (χ3n) is 2.59. The quantitative estimate of drug-likeness (QED) is 0.866. The van der Waals surface area contributed by atoms with E-state index >= 15 is 0 Å². The zero-order valence-electron chi connectivity index (χ0n) is 10.5. The van der Waals surface area contributed by atoms with Gasteiger partial charge in [0, 0.05) is 10.2 Å². The first-order valence-corrected chi connectivity index (χ1v) is 8.00. The fraction of sp³-hybridized carbons (Fsp3) is 0. The van der Waals surface area contributed by atoms with E-state index in [0.717, 1.165) is 12.1 Å². The van der Waals surface area contributed by atoms with E-state index in [1.807, 2.05) is 0 Å². The summed E-state index contributed by atoms with van der Waals surface area (Å²) in [5.41, 5.74) is 0.332. The van der Waals surface area contributed by atoms with Gasteiger partial charge in [0.25, 0.3) is 5.91 Å². The molecule has 5 nitrogen and oxygen atoms in total. The third kappa shape index (κ3) is 3.87. The number of carbonyl (C=O) groups excluding carboxylic acids is 1. The van der Waals surface area contributed by atoms with Gasteiger partial charge in [0.1, 0.15) is 5.82 Å². The molecule has 0 aliphatic carbocycles. The second-order valence-electron chi connectivity index (χ2n) is 4.15. The molecule has 3 N–H and O–H groups in total. The van der Waals surface area contributed by atoms with E-state index in [0.29, 0.717) is 4.47 Å². The van der Waals surface area contributed by atoms with Crippen LogP contribution in [0.1, 0.15) is 10.4 Å². The first-order valence-electron chi connectivity index (χ1n) is 5.66. The Balaban J connectivity index is 2.35. The van der Waals surface area contributed by atoms with E-state index in [9.17, 15) is 17.6 Å². The number of benzene rings is 2. The summed E-state index contributed by atoms with van der Waals surface area (Å²) >= 11 is 3.16. The smallest absolute Gasteiger partial charge is 0.256 e. The number of hydrogen-bond donors (Lipinski definition) is 2. The molecule has 2 aromatic rings. The molecular formula is C13H10BrFN2O3S. The monoisotopic (exact) mass is 372 g/mol. The number of sulfonamides is 1. The normalized spacial score (nSPS) is 11.2. The van der Waals surface area contributed by atoms with Gasteiger partial charge >= 0.3 is 0 Å². The van der Waals surface area contributed by atoms with Gasteiger partial charge in [-0.15, -0.1) is 0 Å². The van der Waals surface area contributed by atoms with Crippen molar-refractivity contribution in [3.63, 3.8) is 0 Å². The lowest BCUT2D eigenvalue weighted by atomic mass is 10.2. The summed E-state index contributed by atoms with van der Waals surface area (Å²) < 4.78 is 36.1. The highest BCUT2D eigenvalue weighted by atomic mass is 79.9. The second-order valence-corrected chi connectivity index (χ2v) is 6.57. The molecule has 0 saturated heterocycles. The van der Waals surface area contributed by atoms with E-state index in [1.165, 1.54) is 30.3 Å². The van der Waals surface area contributed by atoms with Crippen LogP contribution in [-0.2, 0) is 10.0 Å². The molecule has 2 aromatic carbocycles. The van der Waals surface area contributed by atoms with E-state index in [2.05, 4.69) is 21.2 Å². The molecule has 0 aliphatic heterocycles. The topological polar surface area (TPSA) is 89.3 Å². The van der Waals surface area contributed by atoms with Crippen molar-refractivity contribution < 1.29 is 17.6 Å². The molecule has 0 spiro atoms. The van der Waals surface area contributed by atoms with Crippen LogP contribution < -0.4 is 10.5 Å². The Labute approximate surface area is 129 Å². The number of halogens is 2. The summed E-state index contributed by atoms with van der Waals surface area (Å²) in [4.78, 5) is 11.9. The summed E-state index contributed by atoms with van der Waals surface area (Å²) in [6.45, 7) is 0. The van der Waals surface area contributed by atoms with Gasteiger partial charge in [0.2, 0.25) is 10.0 Å². The standard InChI is InChI=1S/C13H10BrFN2O3S/c14-12-5-4-10(21(16,19)20)7-11(12)13(18)17-9-3-1-2-8(15)6-9/h1-7H,(H,17,18)(H2,16,19,20). The lowest BCUT2D eigenvalue weighted by Crippen LogP contribution is -2.16. The van der Waals surface area contributed by atoms with Crippen LogP contribution in [0.2, 0.25) is 0 Å². The van der Waals surface area contributed by atoms with Crippen LogP contribution in [0.15, 0.2) is 51.8 Å². The number of hydrogen-bond acceptors (Lipinski definition) is 3. The van der Waals surface area contributed by atoms with Crippen molar-refractivity contribution in [2.75, 3.05) is 5.32 Å². The number of carbonyl (C=O) groups is 1. The van der Waals surface area contributed by atoms with Crippen molar-refractivity contribution in [2.24, 2.45) is 5.14 Å². The number of primary sulfonamides is 1. The number of rotatable bonds is 3. The molecule has 0 fully saturated rings. The number of anilines is 1. The van der Waals surface area contributed by atoms with Gasteiger partial charge in [-0.25, -0.2) is 17.9 Å². The zero-order valence-corrected chi connectivity index (χ0v) is 12.9. The highest BCUT2D eigenvalue weighted by molar-refractivity contribution is 9.10. The Morgan fingerprint density at radius 2 is 1.90 bits per heavy atom. The van der Waals surface area contributed by atoms with Gasteiger partial charge in [-0.3, -0.25) is 4.79 Å². The molecule has 0 heterocycles. The maximum atomic E-state index is 13.1. The Bertz CT molecular complexity index is 809. The molecular weight excluding hydrogens is 363 g/mol. The van der Waals surface area contributed by atoms with Crippen LogP contribution in [0.25, 0.3) is 0 Å². The maximum absolute atomic E-state index is 13.1. The van der Waals surface area contributed by atoms with Crippen molar-refractivity contribution in [2.45, 2.75) is 4.90 Å². The Hall–Kier alpha value is -1.77. The predicted octanol–water partition coefficient (Wildman–Crippen LogP) is 2.49. The lowest BCUT2D eigenvalue weighted by molar-refractivity contribution is 0.102. The lowest BCUT2D eigenvalue weighted by Gasteiger charge is -2.08. The SMILES string of the molecule is NS(=O)(=O)c1ccc(Br)c(C(=O)Nc2cccc(F)c2)c1. The van der Waals surface area contributed by atoms with Crippen LogP contribution >= 0.6 is 15.9 Å². The number of amides is 1. The highest BCUT2D eigenvalue weighted by Gasteiger charge is 2.15. The minimum atomic E-state index is -3.92. The first kappa shape index (κ1) is 15.6. The molecule has 0 radical (unpaired) electrons. The van der Waals surface area contributed by atoms with Crippen molar-refractivity contribution >= 4 is 37.5 Å². The van der Waals surface area contributed by atoms with Gasteiger partial charge < -0.3 is 5.32 Å². The molecule has 0 aliphatic rings. The van der Waals surface area contributed by atoms with Gasteiger partial charge in [-0.1, -0.05) is 6.07 Å². The molecule has 21 heavy (non-hydrogen) atoms. The van der Waals surface area contributed by atoms with E-state index in [4.69, 9.17) is 5.14 Å². The van der Waals surface area contributed by atoms with Crippen molar-refractivity contribution in [3.05, 3.63) is 58.3 Å². The van der Waals surface area contributed by atoms with E-state index < -0.39 is 21.7 Å². The van der Waals surface area contributed by atoms with Crippen LogP contribution in [0.3, 0.4) is 0 Å². The molecule has 2 rings (SSSR count). The molecule has 0 bridgehead atoms. The van der Waals surface area contributed by atoms with Gasteiger partial charge in [0.05, 0.1) is 10.5 Å². The number of nitrogens with one attached hydrogen (secondary N) is 1. The molecule has 0 saturated carbocycles. The Kier molecular flexibility index (Phi) is 4.40. The Morgan fingerprint density at radius 3 is 2.52 bits per heavy atom. The number of nitrogens with two attached hydrogens (primary N) is 1. The predicted molar refractivity (Wildman–Crippen MR) is 79.9 cm³/mol. The van der Waals surface area contributed by atoms with Crippen molar-refractivity contribution in [3.8, 4) is 0 Å². The minimum Gasteiger partial charge on any atom is -0.322 e. The first-order chi connectivity index (χ1) is 9.77. The summed E-state index contributed by atoms with van der Waals surface area (Å²) in [7, 11) is -3.92. The molecule has 0 atom stereocenters. The summed E-state index contributed by atoms with van der Waals surface area (Å²) in [6.07, 6.45) is 0. The molecule has 0 unspecified atom stereocenters. The molecule has 1 amide bonds. The van der Waals surface area contributed by atoms with E-state index in [1.54, 1.807) is 0 Å². The summed E-state index contributed by atoms with van der Waals surface area (Å²) in [6, 6.07) is 9.17. The Morgan fingerprint density at radius 1 is 1.19 bits per heavy atom. The van der Waals surface area contributed by atoms with Crippen molar-refractivity contribution in [1.82, 2.24) is 0 Å². The zero-order chi connectivity index (χ0) is 15.6. The van der Waals surface area contributed by atoms with Gasteiger partial charge in [-0.2, -0.15) is 0 Å². The molecule has 8 heteroatoms. The second kappa shape index (κ2) is 5.92. The van der Waals surface area contributed by atoms with E-state index in [-0.39, 0.29) is 16.1 Å².